The van der Waals surface area contributed by atoms with Crippen LogP contribution in [-0.2, 0) is 19.3 Å². The monoisotopic (exact) mass is 244 g/mol. The topological polar surface area (TPSA) is 38.0 Å². The van der Waals surface area contributed by atoms with Crippen molar-refractivity contribution in [1.29, 1.82) is 0 Å². The van der Waals surface area contributed by atoms with Crippen LogP contribution < -0.4 is 11.1 Å². The molecule has 1 saturated carbocycles. The zero-order valence-electron chi connectivity index (χ0n) is 11.2. The number of aryl methyl sites for hydroxylation is 2. The van der Waals surface area contributed by atoms with Crippen LogP contribution in [-0.4, -0.2) is 19.6 Å². The lowest BCUT2D eigenvalue weighted by Gasteiger charge is -2.13. The smallest absolute Gasteiger partial charge is 0.00200 e. The summed E-state index contributed by atoms with van der Waals surface area (Å²) in [5.74, 6) is 0. The highest BCUT2D eigenvalue weighted by molar-refractivity contribution is 5.35. The molecule has 2 nitrogen and oxygen atoms in total. The van der Waals surface area contributed by atoms with Crippen molar-refractivity contribution in [3.63, 3.8) is 0 Å². The summed E-state index contributed by atoms with van der Waals surface area (Å²) in [5, 5.41) is 3.58. The fraction of sp³-hybridized carbons (Fsp3) is 0.625. The molecule has 0 saturated heterocycles. The summed E-state index contributed by atoms with van der Waals surface area (Å²) in [4.78, 5) is 0. The van der Waals surface area contributed by atoms with Crippen LogP contribution in [0.2, 0.25) is 0 Å². The van der Waals surface area contributed by atoms with Gasteiger partial charge in [-0.25, -0.2) is 0 Å². The van der Waals surface area contributed by atoms with Gasteiger partial charge in [-0.15, -0.1) is 0 Å². The van der Waals surface area contributed by atoms with E-state index in [0.29, 0.717) is 5.41 Å². The van der Waals surface area contributed by atoms with E-state index >= 15 is 0 Å². The minimum absolute atomic E-state index is 0.456. The predicted molar refractivity (Wildman–Crippen MR) is 75.8 cm³/mol. The Hall–Kier alpha value is -0.860. The third kappa shape index (κ3) is 2.60. The molecule has 0 bridgehead atoms. The van der Waals surface area contributed by atoms with Crippen molar-refractivity contribution in [2.24, 2.45) is 11.1 Å². The van der Waals surface area contributed by atoms with E-state index in [2.05, 4.69) is 23.5 Å². The van der Waals surface area contributed by atoms with E-state index in [-0.39, 0.29) is 0 Å². The first-order valence-electron chi connectivity index (χ1n) is 7.33. The molecule has 18 heavy (non-hydrogen) atoms. The van der Waals surface area contributed by atoms with Gasteiger partial charge in [0.1, 0.15) is 0 Å². The summed E-state index contributed by atoms with van der Waals surface area (Å²) in [6.45, 7) is 3.04. The van der Waals surface area contributed by atoms with Crippen LogP contribution in [0.25, 0.3) is 0 Å². The molecule has 1 aromatic carbocycles. The van der Waals surface area contributed by atoms with Gasteiger partial charge in [-0.05, 0) is 73.7 Å². The summed E-state index contributed by atoms with van der Waals surface area (Å²) in [6, 6.07) is 7.06. The molecular weight excluding hydrogens is 220 g/mol. The van der Waals surface area contributed by atoms with Gasteiger partial charge < -0.3 is 11.1 Å². The molecule has 98 valence electrons. The molecule has 0 spiro atoms. The first kappa shape index (κ1) is 12.2. The molecule has 3 N–H and O–H groups in total. The van der Waals surface area contributed by atoms with Gasteiger partial charge in [0.25, 0.3) is 0 Å². The summed E-state index contributed by atoms with van der Waals surface area (Å²) in [5.41, 5.74) is 10.9. The highest BCUT2D eigenvalue weighted by Crippen LogP contribution is 2.43. The SMILES string of the molecule is NCC1(CNCCc2ccc3c(c2)CCC3)CC1. The van der Waals surface area contributed by atoms with E-state index in [4.69, 9.17) is 5.73 Å². The number of benzene rings is 1. The van der Waals surface area contributed by atoms with Gasteiger partial charge in [0, 0.05) is 6.54 Å². The molecule has 2 aliphatic carbocycles. The van der Waals surface area contributed by atoms with Crippen LogP contribution in [0.5, 0.6) is 0 Å². The molecule has 0 unspecified atom stereocenters. The van der Waals surface area contributed by atoms with Gasteiger partial charge in [-0.2, -0.15) is 0 Å². The maximum absolute atomic E-state index is 5.78. The number of fused-ring (bicyclic) bond motifs is 1. The molecule has 0 amide bonds. The summed E-state index contributed by atoms with van der Waals surface area (Å²) < 4.78 is 0. The second-order valence-corrected chi connectivity index (χ2v) is 6.09. The molecule has 2 aliphatic rings. The Morgan fingerprint density at radius 2 is 2.00 bits per heavy atom. The lowest BCUT2D eigenvalue weighted by molar-refractivity contribution is 0.470. The fourth-order valence-electron chi connectivity index (χ4n) is 3.00. The maximum atomic E-state index is 5.78. The van der Waals surface area contributed by atoms with E-state index in [9.17, 15) is 0 Å². The Bertz CT molecular complexity index is 421. The molecule has 3 rings (SSSR count). The number of hydrogen-bond donors (Lipinski definition) is 2. The first-order chi connectivity index (χ1) is 8.81. The van der Waals surface area contributed by atoms with E-state index in [1.165, 1.54) is 37.7 Å². The second kappa shape index (κ2) is 5.02. The van der Waals surface area contributed by atoms with Crippen molar-refractivity contribution in [2.45, 2.75) is 38.5 Å². The Morgan fingerprint density at radius 3 is 2.78 bits per heavy atom. The van der Waals surface area contributed by atoms with Crippen LogP contribution in [0.1, 0.15) is 36.0 Å². The van der Waals surface area contributed by atoms with E-state index in [1.807, 2.05) is 0 Å². The average Bonchev–Trinajstić information content (AvgIpc) is 3.03. The van der Waals surface area contributed by atoms with Crippen molar-refractivity contribution in [3.05, 3.63) is 34.9 Å². The lowest BCUT2D eigenvalue weighted by Crippen LogP contribution is -2.30. The van der Waals surface area contributed by atoms with Crippen molar-refractivity contribution >= 4 is 0 Å². The van der Waals surface area contributed by atoms with Crippen molar-refractivity contribution in [2.75, 3.05) is 19.6 Å². The molecule has 0 aliphatic heterocycles. The Labute approximate surface area is 110 Å². The number of hydrogen-bond acceptors (Lipinski definition) is 2. The van der Waals surface area contributed by atoms with Gasteiger partial charge in [0.2, 0.25) is 0 Å². The van der Waals surface area contributed by atoms with E-state index in [0.717, 1.165) is 26.1 Å². The minimum atomic E-state index is 0.456. The molecule has 0 heterocycles. The van der Waals surface area contributed by atoms with Crippen LogP contribution in [0, 0.1) is 5.41 Å². The highest BCUT2D eigenvalue weighted by Gasteiger charge is 2.40. The normalized spacial score (nSPS) is 19.8. The molecule has 2 heteroatoms. The van der Waals surface area contributed by atoms with Gasteiger partial charge >= 0.3 is 0 Å². The van der Waals surface area contributed by atoms with E-state index < -0.39 is 0 Å². The molecule has 0 aromatic heterocycles. The van der Waals surface area contributed by atoms with Crippen molar-refractivity contribution in [1.82, 2.24) is 5.32 Å². The van der Waals surface area contributed by atoms with Gasteiger partial charge in [-0.1, -0.05) is 18.2 Å². The number of nitrogens with two attached hydrogens (primary N) is 1. The van der Waals surface area contributed by atoms with Gasteiger partial charge in [-0.3, -0.25) is 0 Å². The molecule has 0 atom stereocenters. The standard InChI is InChI=1S/C16H24N2/c17-11-16(7-8-16)12-18-9-6-13-4-5-14-2-1-3-15(14)10-13/h4-5,10,18H,1-3,6-9,11-12,17H2. The van der Waals surface area contributed by atoms with Crippen LogP contribution in [0.15, 0.2) is 18.2 Å². The maximum Gasteiger partial charge on any atom is 0.00200 e. The summed E-state index contributed by atoms with van der Waals surface area (Å²) in [6.07, 6.45) is 7.69. The third-order valence-electron chi connectivity index (χ3n) is 4.64. The zero-order valence-corrected chi connectivity index (χ0v) is 11.2. The second-order valence-electron chi connectivity index (χ2n) is 6.09. The van der Waals surface area contributed by atoms with Gasteiger partial charge in [0.15, 0.2) is 0 Å². The zero-order chi connectivity index (χ0) is 12.4. The average molecular weight is 244 g/mol. The minimum Gasteiger partial charge on any atom is -0.330 e. The Morgan fingerprint density at radius 1 is 1.17 bits per heavy atom. The quantitative estimate of drug-likeness (QED) is 0.752. The molecule has 0 radical (unpaired) electrons. The first-order valence-corrected chi connectivity index (χ1v) is 7.33. The van der Waals surface area contributed by atoms with Crippen LogP contribution >= 0.6 is 0 Å². The summed E-state index contributed by atoms with van der Waals surface area (Å²) >= 11 is 0. The van der Waals surface area contributed by atoms with Gasteiger partial charge in [0.05, 0.1) is 0 Å². The van der Waals surface area contributed by atoms with Crippen LogP contribution in [0.4, 0.5) is 0 Å². The Kier molecular flexibility index (Phi) is 3.40. The lowest BCUT2D eigenvalue weighted by atomic mass is 10.0. The number of nitrogens with one attached hydrogen (secondary N) is 1. The van der Waals surface area contributed by atoms with E-state index in [1.54, 1.807) is 11.1 Å². The van der Waals surface area contributed by atoms with Crippen molar-refractivity contribution in [3.8, 4) is 0 Å². The molecule has 1 fully saturated rings. The fourth-order valence-corrected chi connectivity index (χ4v) is 3.00. The number of rotatable bonds is 6. The highest BCUT2D eigenvalue weighted by atomic mass is 14.9. The van der Waals surface area contributed by atoms with Crippen molar-refractivity contribution < 1.29 is 0 Å². The Balaban J connectivity index is 1.46. The molecular formula is C16H24N2. The third-order valence-corrected chi connectivity index (χ3v) is 4.64. The largest absolute Gasteiger partial charge is 0.330 e. The summed E-state index contributed by atoms with van der Waals surface area (Å²) in [7, 11) is 0. The van der Waals surface area contributed by atoms with Crippen LogP contribution in [0.3, 0.4) is 0 Å². The molecule has 1 aromatic rings. The predicted octanol–water partition coefficient (Wildman–Crippen LogP) is 2.05.